The summed E-state index contributed by atoms with van der Waals surface area (Å²) in [6.07, 6.45) is 0. The number of fused-ring (bicyclic) bond motifs is 1. The first-order chi connectivity index (χ1) is 7.04. The number of carbonyl (C=O) groups excluding carboxylic acids is 1. The predicted molar refractivity (Wildman–Crippen MR) is 55.7 cm³/mol. The second-order valence-corrected chi connectivity index (χ2v) is 4.01. The number of anilines is 1. The molecule has 0 bridgehead atoms. The molecule has 0 saturated carbocycles. The van der Waals surface area contributed by atoms with Crippen LogP contribution in [0.4, 0.5) is 5.69 Å². The third-order valence-electron chi connectivity index (χ3n) is 2.43. The highest BCUT2D eigenvalue weighted by Gasteiger charge is 2.35. The number of hydrogen-bond acceptors (Lipinski definition) is 3. The Bertz CT molecular complexity index is 412. The molecule has 2 N–H and O–H groups in total. The fourth-order valence-corrected chi connectivity index (χ4v) is 1.52. The van der Waals surface area contributed by atoms with Crippen molar-refractivity contribution in [2.24, 2.45) is 0 Å². The topological polar surface area (TPSA) is 58.6 Å². The molecule has 1 aromatic rings. The fraction of sp³-hybridized carbons (Fsp3) is 0.364. The van der Waals surface area contributed by atoms with E-state index in [1.54, 1.807) is 32.0 Å². The second-order valence-electron chi connectivity index (χ2n) is 4.01. The molecule has 1 aliphatic heterocycles. The van der Waals surface area contributed by atoms with Gasteiger partial charge in [0.25, 0.3) is 5.91 Å². The van der Waals surface area contributed by atoms with Gasteiger partial charge in [-0.1, -0.05) is 12.1 Å². The Morgan fingerprint density at radius 1 is 1.47 bits per heavy atom. The van der Waals surface area contributed by atoms with Crippen LogP contribution >= 0.6 is 0 Å². The van der Waals surface area contributed by atoms with Crippen molar-refractivity contribution >= 4 is 11.6 Å². The van der Waals surface area contributed by atoms with Crippen molar-refractivity contribution in [2.45, 2.75) is 26.1 Å². The Morgan fingerprint density at radius 3 is 2.87 bits per heavy atom. The van der Waals surface area contributed by atoms with E-state index in [0.29, 0.717) is 17.0 Å². The summed E-state index contributed by atoms with van der Waals surface area (Å²) in [4.78, 5) is 11.6. The van der Waals surface area contributed by atoms with Crippen molar-refractivity contribution in [2.75, 3.05) is 5.32 Å². The number of nitrogens with one attached hydrogen (secondary N) is 1. The monoisotopic (exact) mass is 207 g/mol. The molecule has 15 heavy (non-hydrogen) atoms. The summed E-state index contributed by atoms with van der Waals surface area (Å²) in [5.41, 5.74) is 0.377. The molecule has 0 radical (unpaired) electrons. The van der Waals surface area contributed by atoms with Gasteiger partial charge in [-0.3, -0.25) is 4.79 Å². The molecule has 0 aromatic heterocycles. The summed E-state index contributed by atoms with van der Waals surface area (Å²) in [5.74, 6) is 0.405. The number of carbonyl (C=O) groups is 1. The Kier molecular flexibility index (Phi) is 2.16. The third-order valence-corrected chi connectivity index (χ3v) is 2.43. The van der Waals surface area contributed by atoms with Gasteiger partial charge in [0.15, 0.2) is 5.60 Å². The summed E-state index contributed by atoms with van der Waals surface area (Å²) in [5, 5.41) is 11.8. The smallest absolute Gasteiger partial charge is 0.268 e. The molecule has 0 unspecified atom stereocenters. The fourth-order valence-electron chi connectivity index (χ4n) is 1.52. The van der Waals surface area contributed by atoms with Crippen molar-refractivity contribution in [3.63, 3.8) is 0 Å². The maximum atomic E-state index is 11.6. The average molecular weight is 207 g/mol. The Hall–Kier alpha value is -1.55. The maximum absolute atomic E-state index is 11.6. The van der Waals surface area contributed by atoms with Crippen LogP contribution in [0.3, 0.4) is 0 Å². The summed E-state index contributed by atoms with van der Waals surface area (Å²) in [7, 11) is 0. The van der Waals surface area contributed by atoms with Gasteiger partial charge in [0.05, 0.1) is 12.3 Å². The molecule has 0 atom stereocenters. The molecular weight excluding hydrogens is 194 g/mol. The van der Waals surface area contributed by atoms with Crippen LogP contribution in [0, 0.1) is 0 Å². The first kappa shape index (κ1) is 9.98. The molecule has 1 heterocycles. The molecule has 0 spiro atoms. The van der Waals surface area contributed by atoms with E-state index < -0.39 is 5.60 Å². The highest BCUT2D eigenvalue weighted by atomic mass is 16.5. The zero-order valence-electron chi connectivity index (χ0n) is 8.70. The first-order valence-corrected chi connectivity index (χ1v) is 4.78. The van der Waals surface area contributed by atoms with Gasteiger partial charge in [-0.25, -0.2) is 0 Å². The van der Waals surface area contributed by atoms with Gasteiger partial charge >= 0.3 is 0 Å². The van der Waals surface area contributed by atoms with E-state index in [9.17, 15) is 4.79 Å². The Balaban J connectivity index is 2.49. The minimum atomic E-state index is -0.860. The van der Waals surface area contributed by atoms with E-state index in [4.69, 9.17) is 9.84 Å². The van der Waals surface area contributed by atoms with E-state index in [2.05, 4.69) is 5.32 Å². The van der Waals surface area contributed by atoms with Crippen molar-refractivity contribution < 1.29 is 14.6 Å². The van der Waals surface area contributed by atoms with Crippen molar-refractivity contribution in [3.8, 4) is 5.75 Å². The van der Waals surface area contributed by atoms with E-state index in [-0.39, 0.29) is 12.5 Å². The number of hydrogen-bond donors (Lipinski definition) is 2. The maximum Gasteiger partial charge on any atom is 0.268 e. The van der Waals surface area contributed by atoms with Crippen LogP contribution < -0.4 is 10.1 Å². The zero-order valence-corrected chi connectivity index (χ0v) is 8.70. The van der Waals surface area contributed by atoms with Crippen LogP contribution in [0.2, 0.25) is 0 Å². The van der Waals surface area contributed by atoms with Crippen LogP contribution in [0.1, 0.15) is 19.4 Å². The number of rotatable bonds is 1. The Labute approximate surface area is 87.9 Å². The minimum absolute atomic E-state index is 0.118. The van der Waals surface area contributed by atoms with E-state index in [0.717, 1.165) is 0 Å². The zero-order chi connectivity index (χ0) is 11.1. The van der Waals surface area contributed by atoms with Crippen LogP contribution in [0.25, 0.3) is 0 Å². The van der Waals surface area contributed by atoms with Crippen molar-refractivity contribution in [1.82, 2.24) is 0 Å². The number of benzene rings is 1. The van der Waals surface area contributed by atoms with E-state index in [1.807, 2.05) is 0 Å². The van der Waals surface area contributed by atoms with Gasteiger partial charge in [0.2, 0.25) is 0 Å². The normalized spacial score (nSPS) is 17.7. The number of amides is 1. The second kappa shape index (κ2) is 3.24. The third kappa shape index (κ3) is 1.57. The summed E-state index contributed by atoms with van der Waals surface area (Å²) in [6, 6.07) is 5.31. The van der Waals surface area contributed by atoms with Gasteiger partial charge in [0.1, 0.15) is 5.75 Å². The number of aliphatic hydroxyl groups excluding tert-OH is 1. The summed E-state index contributed by atoms with van der Waals surface area (Å²) in [6.45, 7) is 3.29. The van der Waals surface area contributed by atoms with Gasteiger partial charge in [-0.15, -0.1) is 0 Å². The molecule has 0 saturated heterocycles. The van der Waals surface area contributed by atoms with Crippen LogP contribution in [0.15, 0.2) is 18.2 Å². The predicted octanol–water partition coefficient (Wildman–Crippen LogP) is 1.29. The molecule has 0 aliphatic carbocycles. The molecule has 80 valence electrons. The van der Waals surface area contributed by atoms with Gasteiger partial charge in [-0.05, 0) is 19.9 Å². The molecule has 4 nitrogen and oxygen atoms in total. The van der Waals surface area contributed by atoms with Crippen molar-refractivity contribution in [1.29, 1.82) is 0 Å². The minimum Gasteiger partial charge on any atom is -0.476 e. The quantitative estimate of drug-likeness (QED) is 0.729. The number of para-hydroxylation sites is 1. The summed E-state index contributed by atoms with van der Waals surface area (Å²) >= 11 is 0. The highest BCUT2D eigenvalue weighted by molar-refractivity contribution is 6.00. The Morgan fingerprint density at radius 2 is 2.20 bits per heavy atom. The van der Waals surface area contributed by atoms with Crippen LogP contribution in [0.5, 0.6) is 5.75 Å². The molecule has 4 heteroatoms. The molecule has 2 rings (SSSR count). The molecule has 1 aliphatic rings. The van der Waals surface area contributed by atoms with Crippen LogP contribution in [-0.4, -0.2) is 16.6 Å². The largest absolute Gasteiger partial charge is 0.476 e. The first-order valence-electron chi connectivity index (χ1n) is 4.78. The average Bonchev–Trinajstić information content (AvgIpc) is 2.18. The van der Waals surface area contributed by atoms with Crippen LogP contribution in [-0.2, 0) is 11.4 Å². The standard InChI is InChI=1S/C11H13NO3/c1-11(2)10(14)12-9-7(6-13)4-3-5-8(9)15-11/h3-5,13H,6H2,1-2H3,(H,12,14). The van der Waals surface area contributed by atoms with E-state index in [1.165, 1.54) is 0 Å². The molecular formula is C11H13NO3. The summed E-state index contributed by atoms with van der Waals surface area (Å²) < 4.78 is 5.55. The number of ether oxygens (including phenoxy) is 1. The molecule has 0 fully saturated rings. The highest BCUT2D eigenvalue weighted by Crippen LogP contribution is 2.35. The van der Waals surface area contributed by atoms with Gasteiger partial charge < -0.3 is 15.2 Å². The van der Waals surface area contributed by atoms with Crippen molar-refractivity contribution in [3.05, 3.63) is 23.8 Å². The lowest BCUT2D eigenvalue weighted by molar-refractivity contribution is -0.129. The lowest BCUT2D eigenvalue weighted by Crippen LogP contribution is -2.45. The van der Waals surface area contributed by atoms with Gasteiger partial charge in [-0.2, -0.15) is 0 Å². The lowest BCUT2D eigenvalue weighted by Gasteiger charge is -2.32. The molecule has 1 aromatic carbocycles. The van der Waals surface area contributed by atoms with Gasteiger partial charge in [0, 0.05) is 5.56 Å². The number of aliphatic hydroxyl groups is 1. The molecule has 1 amide bonds. The lowest BCUT2D eigenvalue weighted by atomic mass is 10.0. The SMILES string of the molecule is CC1(C)Oc2cccc(CO)c2NC1=O. The van der Waals surface area contributed by atoms with E-state index >= 15 is 0 Å².